The van der Waals surface area contributed by atoms with Crippen LogP contribution in [0.25, 0.3) is 65.4 Å². The molecular formula is C95H70Cl3F7N12O14S6. The number of pyridine rings is 6. The second kappa shape index (κ2) is 42.6. The highest BCUT2D eigenvalue weighted by atomic mass is 35.5. The summed E-state index contributed by atoms with van der Waals surface area (Å²) in [6.45, 7) is 1.95. The molecule has 0 aliphatic rings. The molecule has 0 radical (unpaired) electrons. The number of esters is 1. The predicted octanol–water partition coefficient (Wildman–Crippen LogP) is 22.4. The van der Waals surface area contributed by atoms with Crippen LogP contribution in [0.2, 0.25) is 15.1 Å². The Morgan fingerprint density at radius 1 is 0.307 bits per heavy atom. The summed E-state index contributed by atoms with van der Waals surface area (Å²) in [5.41, 5.74) is 3.81. The average molecular weight is 2040 g/mol. The van der Waals surface area contributed by atoms with E-state index in [1.165, 1.54) is 86.2 Å². The molecule has 0 fully saturated rings. The van der Waals surface area contributed by atoms with Crippen molar-refractivity contribution in [1.29, 1.82) is 0 Å². The number of ether oxygens (including phenoxy) is 1. The zero-order valence-electron chi connectivity index (χ0n) is 70.6. The Kier molecular flexibility index (Phi) is 31.0. The third-order valence-corrected chi connectivity index (χ3v) is 28.7. The SMILES string of the molecule is COC(=O)c1cccc(S(=O)(=O)Nc2cccc3cccnc23)c1.Cc1cnc2c(NS(=O)(=O)c3ccccc3)cccc2c1.O=S(=O)(Nc1cccc2cccnc12)c1ccc(Cl)cc1Cl.O=S(=O)(Nc1cccc2cccnc12)c1ccc(Cl)cc1F.O=S(=O)(Nc1cccc2cccnc12)c1cccc(C(F)(F)F)c1.O=S(=O)(Nc1cccc2cccnc12)c1ccccc1C(F)(F)F. The normalized spacial score (nSPS) is 11.7. The fourth-order valence-electron chi connectivity index (χ4n) is 13.2. The molecule has 0 bridgehead atoms. The summed E-state index contributed by atoms with van der Waals surface area (Å²) in [4.78, 5) is 35.1. The van der Waals surface area contributed by atoms with Crippen LogP contribution in [0.5, 0.6) is 0 Å². The molecular weight excluding hydrogens is 1960 g/mol. The van der Waals surface area contributed by atoms with Crippen LogP contribution in [0.3, 0.4) is 0 Å². The van der Waals surface area contributed by atoms with Crippen molar-refractivity contribution in [2.75, 3.05) is 35.4 Å². The minimum absolute atomic E-state index is 0.0293. The van der Waals surface area contributed by atoms with Gasteiger partial charge in [-0.1, -0.05) is 180 Å². The monoisotopic (exact) mass is 2030 g/mol. The number of nitrogens with zero attached hydrogens (tertiary/aromatic N) is 6. The Labute approximate surface area is 795 Å². The van der Waals surface area contributed by atoms with Crippen LogP contribution in [0.1, 0.15) is 27.0 Å². The van der Waals surface area contributed by atoms with E-state index in [9.17, 15) is 86.0 Å². The summed E-state index contributed by atoms with van der Waals surface area (Å²) >= 11 is 17.4. The molecule has 0 amide bonds. The first-order chi connectivity index (χ1) is 65.1. The number of hydrogen-bond acceptors (Lipinski definition) is 20. The molecule has 42 heteroatoms. The molecule has 700 valence electrons. The van der Waals surface area contributed by atoms with Gasteiger partial charge < -0.3 is 4.74 Å². The van der Waals surface area contributed by atoms with Crippen molar-refractivity contribution in [3.8, 4) is 0 Å². The highest BCUT2D eigenvalue weighted by molar-refractivity contribution is 7.94. The Morgan fingerprint density at radius 3 is 1.04 bits per heavy atom. The topological polar surface area (TPSA) is 381 Å². The van der Waals surface area contributed by atoms with Crippen molar-refractivity contribution in [2.24, 2.45) is 0 Å². The second-order valence-electron chi connectivity index (χ2n) is 28.9. The summed E-state index contributed by atoms with van der Waals surface area (Å²) in [7, 11) is -22.7. The van der Waals surface area contributed by atoms with E-state index in [1.54, 1.807) is 164 Å². The van der Waals surface area contributed by atoms with Gasteiger partial charge in [0.05, 0.1) is 116 Å². The Bertz CT molecular complexity index is 8150. The number of aromatic nitrogens is 6. The third kappa shape index (κ3) is 25.2. The lowest BCUT2D eigenvalue weighted by Gasteiger charge is -2.15. The van der Waals surface area contributed by atoms with Crippen LogP contribution < -0.4 is 28.3 Å². The fraction of sp³-hybridized carbons (Fsp3) is 0.0421. The molecule has 0 aliphatic carbocycles. The van der Waals surface area contributed by atoms with Gasteiger partial charge in [0.2, 0.25) is 0 Å². The fourth-order valence-corrected chi connectivity index (χ4v) is 20.9. The number of rotatable bonds is 19. The van der Waals surface area contributed by atoms with Crippen molar-refractivity contribution in [3.63, 3.8) is 0 Å². The van der Waals surface area contributed by atoms with Gasteiger partial charge in [-0.05, 0) is 182 Å². The largest absolute Gasteiger partial charge is 0.465 e. The number of halogens is 10. The van der Waals surface area contributed by atoms with Crippen molar-refractivity contribution in [3.05, 3.63) is 396 Å². The number of carbonyl (C=O) groups excluding carboxylic acids is 1. The number of alkyl halides is 6. The number of sulfonamides is 6. The molecule has 6 N–H and O–H groups in total. The number of fused-ring (bicyclic) bond motifs is 6. The first-order valence-electron chi connectivity index (χ1n) is 39.8. The van der Waals surface area contributed by atoms with Crippen molar-refractivity contribution in [2.45, 2.75) is 48.6 Å². The van der Waals surface area contributed by atoms with E-state index in [0.717, 1.165) is 75.6 Å². The van der Waals surface area contributed by atoms with E-state index in [0.29, 0.717) is 72.0 Å². The lowest BCUT2D eigenvalue weighted by molar-refractivity contribution is -0.140. The van der Waals surface area contributed by atoms with Gasteiger partial charge in [-0.3, -0.25) is 58.2 Å². The summed E-state index contributed by atoms with van der Waals surface area (Å²) in [6.07, 6.45) is 0.0716. The summed E-state index contributed by atoms with van der Waals surface area (Å²) in [6, 6.07) is 79.5. The standard InChI is InChI=1S/C17H14N2O4S.2C16H11F3N2O2S.C16H14N2O2S.C15H10Cl2N2O2S.C15H10ClFN2O2S/c1-23-17(20)13-6-2-8-14(11-13)24(21,22)19-15-9-3-5-12-7-4-10-18-16(12)15;17-16(18,19)12-6-2-7-13(10-12)24(22,23)21-14-8-1-4-11-5-3-9-20-15(11)14;17-16(18,19)12-7-1-2-9-14(12)24(22,23)21-13-8-3-5-11-6-4-10-20-15(11)13;1-12-10-13-6-5-9-15(16(13)17-11-12)18-21(19,20)14-7-3-2-4-8-14;2*16-11-6-7-14(12(17)9-11)22(20,21)19-13-5-1-3-10-4-2-8-18-15(10)13/h2-11,19H,1H3;2*1-10,21H;2-11,18H,1H3;2*1-9,19H. The molecule has 0 atom stereocenters. The number of carbonyl (C=O) groups is 1. The second-order valence-corrected chi connectivity index (χ2v) is 40.2. The van der Waals surface area contributed by atoms with Gasteiger partial charge in [0, 0.05) is 79.5 Å². The van der Waals surface area contributed by atoms with Crippen LogP contribution in [0.15, 0.2) is 382 Å². The molecule has 0 saturated heterocycles. The van der Waals surface area contributed by atoms with E-state index in [1.807, 2.05) is 61.5 Å². The van der Waals surface area contributed by atoms with Crippen LogP contribution in [-0.2, 0) is 77.2 Å². The predicted molar refractivity (Wildman–Crippen MR) is 515 cm³/mol. The van der Waals surface area contributed by atoms with Gasteiger partial charge >= 0.3 is 18.3 Å². The molecule has 137 heavy (non-hydrogen) atoms. The van der Waals surface area contributed by atoms with E-state index < -0.39 is 110 Å². The van der Waals surface area contributed by atoms with Gasteiger partial charge in [0.25, 0.3) is 60.1 Å². The number of anilines is 6. The molecule has 6 aromatic heterocycles. The summed E-state index contributed by atoms with van der Waals surface area (Å²) in [5, 5.41) is 5.28. The molecule has 6 heterocycles. The van der Waals surface area contributed by atoms with Crippen molar-refractivity contribution in [1.82, 2.24) is 29.9 Å². The van der Waals surface area contributed by atoms with Crippen molar-refractivity contribution >= 4 is 200 Å². The minimum atomic E-state index is -4.78. The van der Waals surface area contributed by atoms with Crippen LogP contribution in [0, 0.1) is 12.7 Å². The van der Waals surface area contributed by atoms with Crippen molar-refractivity contribution < 1.29 is 90.8 Å². The Balaban J connectivity index is 0.000000139. The number of para-hydroxylation sites is 6. The van der Waals surface area contributed by atoms with Crippen LogP contribution in [0.4, 0.5) is 64.9 Å². The smallest absolute Gasteiger partial charge is 0.417 e. The lowest BCUT2D eigenvalue weighted by Crippen LogP contribution is -2.19. The Morgan fingerprint density at radius 2 is 0.635 bits per heavy atom. The van der Waals surface area contributed by atoms with Crippen LogP contribution in [-0.4, -0.2) is 93.5 Å². The average Bonchev–Trinajstić information content (AvgIpc) is 0.798. The zero-order chi connectivity index (χ0) is 98.3. The van der Waals surface area contributed by atoms with Gasteiger partial charge in [-0.25, -0.2) is 59.7 Å². The summed E-state index contributed by atoms with van der Waals surface area (Å²) in [5.74, 6) is -1.51. The molecule has 26 nitrogen and oxygen atoms in total. The van der Waals surface area contributed by atoms with Gasteiger partial charge in [-0.15, -0.1) is 0 Å². The van der Waals surface area contributed by atoms with Gasteiger partial charge in [0.15, 0.2) is 0 Å². The highest BCUT2D eigenvalue weighted by Crippen LogP contribution is 2.38. The Hall–Kier alpha value is -14.6. The van der Waals surface area contributed by atoms with Gasteiger partial charge in [-0.2, -0.15) is 26.3 Å². The number of hydrogen-bond donors (Lipinski definition) is 6. The van der Waals surface area contributed by atoms with E-state index in [4.69, 9.17) is 34.8 Å². The number of nitrogens with one attached hydrogen (secondary N) is 6. The van der Waals surface area contributed by atoms with E-state index >= 15 is 0 Å². The van der Waals surface area contributed by atoms with E-state index in [-0.39, 0.29) is 47.4 Å². The maximum absolute atomic E-state index is 13.8. The molecule has 0 spiro atoms. The maximum Gasteiger partial charge on any atom is 0.417 e. The molecule has 0 aliphatic heterocycles. The number of aryl methyl sites for hydroxylation is 1. The molecule has 18 aromatic rings. The first kappa shape index (κ1) is 99.9. The molecule has 12 aromatic carbocycles. The number of methoxy groups -OCH3 is 1. The quantitative estimate of drug-likeness (QED) is 0.0323. The lowest BCUT2D eigenvalue weighted by atomic mass is 10.1. The first-order valence-corrected chi connectivity index (χ1v) is 49.8. The maximum atomic E-state index is 13.8. The highest BCUT2D eigenvalue weighted by Gasteiger charge is 2.38. The van der Waals surface area contributed by atoms with E-state index in [2.05, 4.69) is 63.0 Å². The zero-order valence-corrected chi connectivity index (χ0v) is 77.8. The minimum Gasteiger partial charge on any atom is -0.465 e. The van der Waals surface area contributed by atoms with Gasteiger partial charge in [0.1, 0.15) is 15.6 Å². The third-order valence-electron chi connectivity index (χ3n) is 19.4. The molecule has 0 saturated carbocycles. The van der Waals surface area contributed by atoms with Crippen LogP contribution >= 0.6 is 34.8 Å². The number of benzene rings is 12. The molecule has 18 rings (SSSR count). The molecule has 0 unspecified atom stereocenters. The summed E-state index contributed by atoms with van der Waals surface area (Å²) < 4.78 is 260.